The first-order chi connectivity index (χ1) is 3.33. The lowest BCUT2D eigenvalue weighted by molar-refractivity contribution is 1.11. The van der Waals surface area contributed by atoms with Gasteiger partial charge in [-0.15, -0.1) is 0 Å². The molecule has 0 amide bonds. The lowest BCUT2D eigenvalue weighted by atomic mass is 11.2. The Balaban J connectivity index is 0. The van der Waals surface area contributed by atoms with E-state index in [0.717, 1.165) is 0 Å². The van der Waals surface area contributed by atoms with Crippen molar-refractivity contribution < 1.29 is 0 Å². The summed E-state index contributed by atoms with van der Waals surface area (Å²) in [6.07, 6.45) is 1.68. The summed E-state index contributed by atoms with van der Waals surface area (Å²) in [5.41, 5.74) is 0. The average Bonchev–Trinajstić information content (AvgIpc) is 1.69. The highest BCUT2D eigenvalue weighted by molar-refractivity contribution is 9.12. The quantitative estimate of drug-likeness (QED) is 0.417. The summed E-state index contributed by atoms with van der Waals surface area (Å²) in [5, 5.41) is 17.0. The van der Waals surface area contributed by atoms with Crippen LogP contribution in [0.4, 0.5) is 0 Å². The first kappa shape index (κ1) is 9.54. The Morgan fingerprint density at radius 1 is 1.57 bits per heavy atom. The zero-order chi connectivity index (χ0) is 6.12. The van der Waals surface area contributed by atoms with Gasteiger partial charge in [-0.1, -0.05) is 0 Å². The van der Waals surface area contributed by atoms with Crippen LogP contribution in [0.2, 0.25) is 0 Å². The lowest BCUT2D eigenvalue weighted by Gasteiger charge is -1.60. The third kappa shape index (κ3) is 827. The van der Waals surface area contributed by atoms with Crippen molar-refractivity contribution in [2.24, 2.45) is 0 Å². The number of hydrogen-bond donors (Lipinski definition) is 1. The fraction of sp³-hybridized carbons (Fsp3) is 0.333. The summed E-state index contributed by atoms with van der Waals surface area (Å²) in [5.74, 6) is 0. The van der Waals surface area contributed by atoms with Crippen molar-refractivity contribution in [1.82, 2.24) is 5.32 Å². The summed E-state index contributed by atoms with van der Waals surface area (Å²) >= 11 is 2.45. The molecule has 1 N–H and O–H groups in total. The molecule has 0 aromatic heterocycles. The summed E-state index contributed by atoms with van der Waals surface area (Å²) < 4.78 is 0. The second-order valence-corrected chi connectivity index (χ2v) is 0.801. The van der Waals surface area contributed by atoms with E-state index in [1.165, 1.54) is 0 Å². The summed E-state index contributed by atoms with van der Waals surface area (Å²) in [7, 11) is 1.57. The maximum atomic E-state index is 7.51. The summed E-state index contributed by atoms with van der Waals surface area (Å²) in [6, 6.07) is 0. The Bertz CT molecular complexity index is 87.3. The molecular weight excluding hydrogens is 158 g/mol. The predicted molar refractivity (Wildman–Crippen MR) is 29.2 cm³/mol. The minimum Gasteiger partial charge on any atom is -0.327 e. The van der Waals surface area contributed by atoms with Crippen LogP contribution in [0.15, 0.2) is 0 Å². The number of halogens is 1. The molecule has 0 bridgehead atoms. The predicted octanol–water partition coefficient (Wildman–Crippen LogP) is 0.549. The highest BCUT2D eigenvalue weighted by Crippen LogP contribution is 1.58. The van der Waals surface area contributed by atoms with Gasteiger partial charge in [0, 0.05) is 23.0 Å². The number of hydrogen-bond acceptors (Lipinski definition) is 3. The SMILES string of the molecule is CNC#N.N#CBr. The zero-order valence-electron chi connectivity index (χ0n) is 3.77. The van der Waals surface area contributed by atoms with Crippen molar-refractivity contribution >= 4 is 15.9 Å². The molecule has 0 spiro atoms. The van der Waals surface area contributed by atoms with Gasteiger partial charge in [0.15, 0.2) is 6.19 Å². The second kappa shape index (κ2) is 18.7. The molecule has 0 saturated heterocycles. The van der Waals surface area contributed by atoms with Crippen LogP contribution in [-0.4, -0.2) is 7.05 Å². The van der Waals surface area contributed by atoms with E-state index >= 15 is 0 Å². The van der Waals surface area contributed by atoms with Gasteiger partial charge in [-0.2, -0.15) is 10.5 Å². The molecule has 0 radical (unpaired) electrons. The zero-order valence-corrected chi connectivity index (χ0v) is 5.36. The van der Waals surface area contributed by atoms with Gasteiger partial charge in [0.1, 0.15) is 4.98 Å². The van der Waals surface area contributed by atoms with Gasteiger partial charge in [0.2, 0.25) is 0 Å². The topological polar surface area (TPSA) is 59.6 Å². The molecule has 0 aromatic carbocycles. The number of rotatable bonds is 0. The molecule has 4 heteroatoms. The van der Waals surface area contributed by atoms with Crippen LogP contribution < -0.4 is 5.32 Å². The van der Waals surface area contributed by atoms with Crippen molar-refractivity contribution in [3.63, 3.8) is 0 Å². The monoisotopic (exact) mass is 161 g/mol. The normalized spacial score (nSPS) is 3.43. The van der Waals surface area contributed by atoms with Crippen molar-refractivity contribution in [2.75, 3.05) is 7.05 Å². The molecule has 0 aliphatic rings. The van der Waals surface area contributed by atoms with Crippen LogP contribution in [0.5, 0.6) is 0 Å². The number of nitrogens with zero attached hydrogens (tertiary/aromatic N) is 2. The smallest absolute Gasteiger partial charge is 0.176 e. The minimum absolute atomic E-state index is 1.56. The van der Waals surface area contributed by atoms with Crippen LogP contribution in [0.25, 0.3) is 0 Å². The van der Waals surface area contributed by atoms with Crippen LogP contribution >= 0.6 is 15.9 Å². The van der Waals surface area contributed by atoms with E-state index < -0.39 is 0 Å². The fourth-order valence-corrected chi connectivity index (χ4v) is 0. The van der Waals surface area contributed by atoms with E-state index in [-0.39, 0.29) is 0 Å². The fourth-order valence-electron chi connectivity index (χ4n) is 0. The molecule has 0 saturated carbocycles. The minimum atomic E-state index is 1.56. The molecule has 0 fully saturated rings. The van der Waals surface area contributed by atoms with Crippen LogP contribution in [0, 0.1) is 21.7 Å². The molecule has 0 rings (SSSR count). The van der Waals surface area contributed by atoms with Crippen LogP contribution in [0.1, 0.15) is 0 Å². The maximum Gasteiger partial charge on any atom is 0.176 e. The standard InChI is InChI=1S/C2H4N2.CBrN/c1-4-2-3;2-1-3/h4H,1H3;. The molecule has 3 nitrogen and oxygen atoms in total. The Morgan fingerprint density at radius 2 is 1.71 bits per heavy atom. The summed E-state index contributed by atoms with van der Waals surface area (Å²) in [6.45, 7) is 0. The lowest BCUT2D eigenvalue weighted by Crippen LogP contribution is -1.89. The maximum absolute atomic E-state index is 7.51. The van der Waals surface area contributed by atoms with E-state index in [0.29, 0.717) is 0 Å². The molecule has 0 heterocycles. The Hall–Kier alpha value is -0.740. The second-order valence-electron chi connectivity index (χ2n) is 0.446. The molecule has 0 atom stereocenters. The third-order valence-corrected chi connectivity index (χ3v) is 0.112. The molecule has 7 heavy (non-hydrogen) atoms. The summed E-state index contributed by atoms with van der Waals surface area (Å²) in [4.78, 5) is 1.56. The third-order valence-electron chi connectivity index (χ3n) is 0.112. The van der Waals surface area contributed by atoms with Crippen molar-refractivity contribution in [1.29, 1.82) is 10.5 Å². The highest BCUT2D eigenvalue weighted by atomic mass is 79.9. The Kier molecular flexibility index (Phi) is 25.5. The molecule has 0 unspecified atom stereocenters. The molecule has 38 valence electrons. The van der Waals surface area contributed by atoms with E-state index in [1.54, 1.807) is 18.2 Å². The van der Waals surface area contributed by atoms with Gasteiger partial charge in [-0.25, -0.2) is 0 Å². The first-order valence-electron chi connectivity index (χ1n) is 1.39. The Labute approximate surface area is 50.7 Å². The van der Waals surface area contributed by atoms with E-state index in [2.05, 4.69) is 21.2 Å². The van der Waals surface area contributed by atoms with Crippen molar-refractivity contribution in [3.05, 3.63) is 0 Å². The van der Waals surface area contributed by atoms with Gasteiger partial charge in [-0.3, -0.25) is 0 Å². The van der Waals surface area contributed by atoms with Gasteiger partial charge >= 0.3 is 0 Å². The van der Waals surface area contributed by atoms with Gasteiger partial charge in [0.25, 0.3) is 0 Å². The largest absolute Gasteiger partial charge is 0.327 e. The van der Waals surface area contributed by atoms with Crippen LogP contribution in [-0.2, 0) is 0 Å². The van der Waals surface area contributed by atoms with Gasteiger partial charge in [-0.05, 0) is 0 Å². The molecule has 0 aromatic rings. The molecular formula is C3H4BrN3. The van der Waals surface area contributed by atoms with E-state index in [4.69, 9.17) is 10.5 Å². The first-order valence-corrected chi connectivity index (χ1v) is 2.18. The molecule has 0 aliphatic carbocycles. The van der Waals surface area contributed by atoms with E-state index in [1.807, 2.05) is 0 Å². The number of nitriles is 2. The average molecular weight is 162 g/mol. The van der Waals surface area contributed by atoms with Crippen molar-refractivity contribution in [3.8, 4) is 11.2 Å². The molecule has 0 aliphatic heterocycles. The number of nitrogens with one attached hydrogen (secondary N) is 1. The van der Waals surface area contributed by atoms with Gasteiger partial charge in [0.05, 0.1) is 0 Å². The van der Waals surface area contributed by atoms with Gasteiger partial charge < -0.3 is 5.32 Å². The Morgan fingerprint density at radius 3 is 1.71 bits per heavy atom. The van der Waals surface area contributed by atoms with Crippen molar-refractivity contribution in [2.45, 2.75) is 0 Å². The highest BCUT2D eigenvalue weighted by Gasteiger charge is 1.39. The van der Waals surface area contributed by atoms with Crippen LogP contribution in [0.3, 0.4) is 0 Å². The van der Waals surface area contributed by atoms with E-state index in [9.17, 15) is 0 Å².